The zero-order chi connectivity index (χ0) is 26.4. The number of phenols is 2. The molecular formula is C31H32N4O2. The topological polar surface area (TPSA) is 71.7 Å². The van der Waals surface area contributed by atoms with Gasteiger partial charge in [0.05, 0.1) is 11.4 Å². The van der Waals surface area contributed by atoms with Crippen molar-refractivity contribution in [2.24, 2.45) is 9.98 Å². The van der Waals surface area contributed by atoms with E-state index in [1.165, 1.54) is 0 Å². The van der Waals surface area contributed by atoms with Gasteiger partial charge in [0.25, 0.3) is 0 Å². The van der Waals surface area contributed by atoms with Gasteiger partial charge in [-0.15, -0.1) is 0 Å². The van der Waals surface area contributed by atoms with Crippen LogP contribution < -0.4 is 9.80 Å². The van der Waals surface area contributed by atoms with Gasteiger partial charge in [-0.2, -0.15) is 0 Å². The first-order valence-electron chi connectivity index (χ1n) is 12.1. The summed E-state index contributed by atoms with van der Waals surface area (Å²) in [6.45, 7) is 0. The summed E-state index contributed by atoms with van der Waals surface area (Å²) in [5, 5.41) is 20.7. The largest absolute Gasteiger partial charge is 0.507 e. The van der Waals surface area contributed by atoms with Crippen molar-refractivity contribution >= 4 is 35.2 Å². The summed E-state index contributed by atoms with van der Waals surface area (Å²) in [4.78, 5) is 13.1. The highest BCUT2D eigenvalue weighted by Gasteiger charge is 2.06. The molecule has 0 aliphatic heterocycles. The second-order valence-corrected chi connectivity index (χ2v) is 9.30. The van der Waals surface area contributed by atoms with Crippen molar-refractivity contribution in [2.75, 3.05) is 38.0 Å². The van der Waals surface area contributed by atoms with Crippen LogP contribution >= 0.6 is 0 Å². The smallest absolute Gasteiger partial charge is 0.124 e. The van der Waals surface area contributed by atoms with Crippen molar-refractivity contribution in [1.29, 1.82) is 0 Å². The molecule has 0 saturated heterocycles. The summed E-state index contributed by atoms with van der Waals surface area (Å²) in [5.41, 5.74) is 7.18. The third-order valence-electron chi connectivity index (χ3n) is 6.03. The molecule has 37 heavy (non-hydrogen) atoms. The standard InChI is InChI=1S/C31H32N4O2/c1-34(2)28-11-7-26(8-12-28)32-20-24-18-22(5-15-30(24)36)17-23-6-16-31(37)25(19-23)21-33-27-9-13-29(14-10-27)35(3)4/h5-16,18-21,36-37H,17H2,1-4H3. The van der Waals surface area contributed by atoms with Gasteiger partial charge in [0.2, 0.25) is 0 Å². The maximum absolute atomic E-state index is 10.4. The first kappa shape index (κ1) is 25.5. The van der Waals surface area contributed by atoms with Gasteiger partial charge >= 0.3 is 0 Å². The van der Waals surface area contributed by atoms with Gasteiger partial charge in [0.1, 0.15) is 11.5 Å². The minimum atomic E-state index is 0.177. The lowest BCUT2D eigenvalue weighted by atomic mass is 10.0. The predicted molar refractivity (Wildman–Crippen MR) is 155 cm³/mol. The van der Waals surface area contributed by atoms with Crippen molar-refractivity contribution < 1.29 is 10.2 Å². The first-order chi connectivity index (χ1) is 17.8. The fourth-order valence-corrected chi connectivity index (χ4v) is 3.83. The molecule has 0 aromatic heterocycles. The van der Waals surface area contributed by atoms with Crippen LogP contribution in [-0.2, 0) is 6.42 Å². The third kappa shape index (κ3) is 6.76. The number of hydrogen-bond acceptors (Lipinski definition) is 6. The van der Waals surface area contributed by atoms with E-state index in [1.54, 1.807) is 24.6 Å². The third-order valence-corrected chi connectivity index (χ3v) is 6.03. The molecule has 0 radical (unpaired) electrons. The van der Waals surface area contributed by atoms with E-state index >= 15 is 0 Å². The van der Waals surface area contributed by atoms with Crippen LogP contribution in [0.4, 0.5) is 22.7 Å². The molecule has 0 aliphatic rings. The number of phenolic OH excluding ortho intramolecular Hbond substituents is 2. The summed E-state index contributed by atoms with van der Waals surface area (Å²) in [7, 11) is 7.98. The van der Waals surface area contributed by atoms with E-state index in [9.17, 15) is 10.2 Å². The molecule has 0 fully saturated rings. The van der Waals surface area contributed by atoms with Crippen LogP contribution in [0.5, 0.6) is 11.5 Å². The highest BCUT2D eigenvalue weighted by atomic mass is 16.3. The van der Waals surface area contributed by atoms with Gasteiger partial charge in [-0.05, 0) is 90.3 Å². The summed E-state index contributed by atoms with van der Waals surface area (Å²) >= 11 is 0. The first-order valence-corrected chi connectivity index (χ1v) is 12.1. The number of rotatable bonds is 8. The Bertz CT molecular complexity index is 1300. The molecule has 0 spiro atoms. The van der Waals surface area contributed by atoms with Gasteiger partial charge in [0.15, 0.2) is 0 Å². The van der Waals surface area contributed by atoms with Crippen LogP contribution in [0.25, 0.3) is 0 Å². The molecule has 4 aromatic rings. The maximum atomic E-state index is 10.4. The van der Waals surface area contributed by atoms with Crippen molar-refractivity contribution in [3.05, 3.63) is 107 Å². The molecule has 6 nitrogen and oxygen atoms in total. The molecule has 0 bridgehead atoms. The van der Waals surface area contributed by atoms with Crippen molar-refractivity contribution in [1.82, 2.24) is 0 Å². The van der Waals surface area contributed by atoms with Crippen molar-refractivity contribution in [3.8, 4) is 11.5 Å². The van der Waals surface area contributed by atoms with E-state index in [2.05, 4.69) is 9.98 Å². The summed E-state index contributed by atoms with van der Waals surface area (Å²) < 4.78 is 0. The molecule has 4 aromatic carbocycles. The van der Waals surface area contributed by atoms with Gasteiger partial charge in [-0.3, -0.25) is 9.98 Å². The fourth-order valence-electron chi connectivity index (χ4n) is 3.83. The number of aromatic hydroxyl groups is 2. The Hall–Kier alpha value is -4.58. The Balaban J connectivity index is 1.49. The van der Waals surface area contributed by atoms with Crippen LogP contribution in [0.15, 0.2) is 94.9 Å². The molecule has 6 heteroatoms. The SMILES string of the molecule is CN(C)c1ccc(N=Cc2cc(Cc3ccc(O)c(C=Nc4ccc(N(C)C)cc4)c3)ccc2O)cc1. The molecule has 2 N–H and O–H groups in total. The van der Waals surface area contributed by atoms with Gasteiger partial charge in [-0.1, -0.05) is 12.1 Å². The lowest BCUT2D eigenvalue weighted by Gasteiger charge is -2.11. The molecule has 188 valence electrons. The predicted octanol–water partition coefficient (Wildman–Crippen LogP) is 6.32. The van der Waals surface area contributed by atoms with Gasteiger partial charge < -0.3 is 20.0 Å². The van der Waals surface area contributed by atoms with E-state index in [0.29, 0.717) is 17.5 Å². The summed E-state index contributed by atoms with van der Waals surface area (Å²) in [5.74, 6) is 0.354. The normalized spacial score (nSPS) is 11.4. The second kappa shape index (κ2) is 11.4. The van der Waals surface area contributed by atoms with Crippen molar-refractivity contribution in [2.45, 2.75) is 6.42 Å². The summed E-state index contributed by atoms with van der Waals surface area (Å²) in [6.07, 6.45) is 4.00. The number of nitrogens with zero attached hydrogens (tertiary/aromatic N) is 4. The zero-order valence-corrected chi connectivity index (χ0v) is 21.6. The second-order valence-electron chi connectivity index (χ2n) is 9.30. The number of benzene rings is 4. The monoisotopic (exact) mass is 492 g/mol. The minimum Gasteiger partial charge on any atom is -0.507 e. The molecule has 0 atom stereocenters. The lowest BCUT2D eigenvalue weighted by molar-refractivity contribution is 0.474. The van der Waals surface area contributed by atoms with Crippen LogP contribution in [0.3, 0.4) is 0 Å². The quantitative estimate of drug-likeness (QED) is 0.282. The lowest BCUT2D eigenvalue weighted by Crippen LogP contribution is -2.07. The number of anilines is 2. The number of hydrogen-bond donors (Lipinski definition) is 2. The average Bonchev–Trinajstić information content (AvgIpc) is 2.89. The Morgan fingerprint density at radius 3 is 1.30 bits per heavy atom. The molecular weight excluding hydrogens is 460 g/mol. The van der Waals surface area contributed by atoms with Crippen molar-refractivity contribution in [3.63, 3.8) is 0 Å². The van der Waals surface area contributed by atoms with Crippen LogP contribution in [0, 0.1) is 0 Å². The van der Waals surface area contributed by atoms with E-state index in [1.807, 2.05) is 111 Å². The zero-order valence-electron chi connectivity index (χ0n) is 21.6. The van der Waals surface area contributed by atoms with Gasteiger partial charge in [-0.25, -0.2) is 0 Å². The molecule has 0 aliphatic carbocycles. The van der Waals surface area contributed by atoms with E-state index in [4.69, 9.17) is 0 Å². The Labute approximate surface area is 218 Å². The molecule has 0 amide bonds. The fraction of sp³-hybridized carbons (Fsp3) is 0.161. The average molecular weight is 493 g/mol. The highest BCUT2D eigenvalue weighted by molar-refractivity contribution is 5.86. The Morgan fingerprint density at radius 2 is 0.946 bits per heavy atom. The Morgan fingerprint density at radius 1 is 0.568 bits per heavy atom. The van der Waals surface area contributed by atoms with E-state index in [-0.39, 0.29) is 11.5 Å². The molecule has 4 rings (SSSR count). The highest BCUT2D eigenvalue weighted by Crippen LogP contribution is 2.24. The van der Waals surface area contributed by atoms with Gasteiger partial charge in [0, 0.05) is 63.1 Å². The van der Waals surface area contributed by atoms with E-state index in [0.717, 1.165) is 33.9 Å². The number of aliphatic imine (C=N–C) groups is 2. The summed E-state index contributed by atoms with van der Waals surface area (Å²) in [6, 6.07) is 26.8. The van der Waals surface area contributed by atoms with Crippen LogP contribution in [0.2, 0.25) is 0 Å². The minimum absolute atomic E-state index is 0.177. The molecule has 0 saturated carbocycles. The van der Waals surface area contributed by atoms with Crippen LogP contribution in [-0.4, -0.2) is 50.8 Å². The maximum Gasteiger partial charge on any atom is 0.124 e. The molecule has 0 unspecified atom stereocenters. The van der Waals surface area contributed by atoms with Crippen LogP contribution in [0.1, 0.15) is 22.3 Å². The van der Waals surface area contributed by atoms with E-state index < -0.39 is 0 Å². The molecule has 0 heterocycles. The Kier molecular flexibility index (Phi) is 7.89.